The molecule has 0 N–H and O–H groups in total. The van der Waals surface area contributed by atoms with Crippen molar-refractivity contribution in [2.24, 2.45) is 0 Å². The SMILES string of the molecule is c1ccc(-c2cc(-c3cccc4c3sc3c4ccc4c3c3ccccc3n4-c3cccc4c3oc3ccccc34)nc(-c3ccccc3)n2)cc1. The Hall–Kier alpha value is -6.56. The number of hydrogen-bond donors (Lipinski definition) is 0. The Balaban J connectivity index is 1.19. The van der Waals surface area contributed by atoms with Gasteiger partial charge in [0.05, 0.1) is 28.1 Å². The summed E-state index contributed by atoms with van der Waals surface area (Å²) in [6, 6.07) is 57.4. The van der Waals surface area contributed by atoms with Crippen molar-refractivity contribution >= 4 is 75.3 Å². The van der Waals surface area contributed by atoms with Gasteiger partial charge in [-0.05, 0) is 30.3 Å². The standard InChI is InChI=1S/C46H27N3OS/c1-3-13-28(14-4-1)36-27-37(48-46(47-36)29-15-5-2-6-16-29)34-21-11-20-32-33-25-26-39-42(45(33)51-44(32)34)35-18-7-9-22-38(35)49(39)40-23-12-19-31-30-17-8-10-24-41(30)50-43(31)40/h1-27H. The number of rotatable bonds is 4. The summed E-state index contributed by atoms with van der Waals surface area (Å²) in [6.07, 6.45) is 0. The van der Waals surface area contributed by atoms with Gasteiger partial charge in [0.1, 0.15) is 5.58 Å². The van der Waals surface area contributed by atoms with Crippen molar-refractivity contribution in [1.82, 2.24) is 14.5 Å². The predicted octanol–water partition coefficient (Wildman–Crippen LogP) is 12.8. The second kappa shape index (κ2) is 11.0. The summed E-state index contributed by atoms with van der Waals surface area (Å²) in [5.41, 5.74) is 10.1. The van der Waals surface area contributed by atoms with Gasteiger partial charge in [-0.15, -0.1) is 11.3 Å². The van der Waals surface area contributed by atoms with Gasteiger partial charge in [0.2, 0.25) is 0 Å². The average molecular weight is 670 g/mol. The number of thiophene rings is 1. The molecule has 0 aliphatic rings. The van der Waals surface area contributed by atoms with E-state index in [1.165, 1.54) is 30.9 Å². The third-order valence-electron chi connectivity index (χ3n) is 10.0. The molecular weight excluding hydrogens is 643 g/mol. The van der Waals surface area contributed by atoms with Crippen molar-refractivity contribution in [2.45, 2.75) is 0 Å². The molecule has 4 heterocycles. The molecule has 0 unspecified atom stereocenters. The number of benzene rings is 7. The molecule has 51 heavy (non-hydrogen) atoms. The number of aromatic nitrogens is 3. The van der Waals surface area contributed by atoms with Crippen LogP contribution in [0.25, 0.3) is 104 Å². The van der Waals surface area contributed by atoms with Gasteiger partial charge in [0, 0.05) is 58.4 Å². The Morgan fingerprint density at radius 3 is 2.00 bits per heavy atom. The first-order valence-corrected chi connectivity index (χ1v) is 17.9. The number of nitrogens with zero attached hydrogens (tertiary/aromatic N) is 3. The van der Waals surface area contributed by atoms with Crippen LogP contribution < -0.4 is 0 Å². The van der Waals surface area contributed by atoms with Gasteiger partial charge in [0.25, 0.3) is 0 Å². The molecule has 238 valence electrons. The molecule has 0 radical (unpaired) electrons. The van der Waals surface area contributed by atoms with Gasteiger partial charge in [-0.25, -0.2) is 9.97 Å². The van der Waals surface area contributed by atoms with Crippen LogP contribution in [-0.2, 0) is 0 Å². The Kier molecular flexibility index (Phi) is 6.09. The van der Waals surface area contributed by atoms with Crippen molar-refractivity contribution < 1.29 is 4.42 Å². The third kappa shape index (κ3) is 4.25. The van der Waals surface area contributed by atoms with Gasteiger partial charge < -0.3 is 8.98 Å². The summed E-state index contributed by atoms with van der Waals surface area (Å²) in [6.45, 7) is 0. The molecule has 0 bridgehead atoms. The van der Waals surface area contributed by atoms with Crippen LogP contribution in [0.2, 0.25) is 0 Å². The summed E-state index contributed by atoms with van der Waals surface area (Å²) in [5.74, 6) is 0.718. The van der Waals surface area contributed by atoms with Gasteiger partial charge in [0.15, 0.2) is 11.4 Å². The molecule has 11 aromatic rings. The molecule has 4 nitrogen and oxygen atoms in total. The summed E-state index contributed by atoms with van der Waals surface area (Å²) in [7, 11) is 0. The zero-order valence-corrected chi connectivity index (χ0v) is 28.1. The molecule has 0 aliphatic carbocycles. The maximum atomic E-state index is 6.56. The quantitative estimate of drug-likeness (QED) is 0.187. The summed E-state index contributed by atoms with van der Waals surface area (Å²) >= 11 is 1.85. The number of para-hydroxylation sites is 3. The lowest BCUT2D eigenvalue weighted by Crippen LogP contribution is -1.95. The molecule has 0 aliphatic heterocycles. The third-order valence-corrected chi connectivity index (χ3v) is 11.3. The van der Waals surface area contributed by atoms with Crippen LogP contribution in [0.5, 0.6) is 0 Å². The molecule has 0 saturated heterocycles. The van der Waals surface area contributed by atoms with Crippen LogP contribution in [0.1, 0.15) is 0 Å². The fourth-order valence-corrected chi connectivity index (χ4v) is 9.12. The molecule has 11 rings (SSSR count). The number of furan rings is 1. The minimum Gasteiger partial charge on any atom is -0.454 e. The fourth-order valence-electron chi connectivity index (χ4n) is 7.74. The minimum atomic E-state index is 0.718. The van der Waals surface area contributed by atoms with E-state index >= 15 is 0 Å². The number of hydrogen-bond acceptors (Lipinski definition) is 4. The summed E-state index contributed by atoms with van der Waals surface area (Å²) in [5, 5.41) is 7.20. The van der Waals surface area contributed by atoms with Crippen molar-refractivity contribution in [2.75, 3.05) is 0 Å². The highest BCUT2D eigenvalue weighted by molar-refractivity contribution is 7.27. The topological polar surface area (TPSA) is 43.9 Å². The molecule has 7 aromatic carbocycles. The lowest BCUT2D eigenvalue weighted by molar-refractivity contribution is 0.666. The Morgan fingerprint density at radius 1 is 0.471 bits per heavy atom. The normalized spacial score (nSPS) is 11.9. The maximum Gasteiger partial charge on any atom is 0.160 e. The maximum absolute atomic E-state index is 6.56. The van der Waals surface area contributed by atoms with Gasteiger partial charge in [-0.3, -0.25) is 0 Å². The van der Waals surface area contributed by atoms with E-state index in [1.807, 2.05) is 47.7 Å². The Bertz CT molecular complexity index is 3080. The van der Waals surface area contributed by atoms with E-state index in [9.17, 15) is 0 Å². The van der Waals surface area contributed by atoms with E-state index in [4.69, 9.17) is 14.4 Å². The van der Waals surface area contributed by atoms with E-state index in [-0.39, 0.29) is 0 Å². The molecular formula is C46H27N3OS. The van der Waals surface area contributed by atoms with E-state index in [1.54, 1.807) is 0 Å². The van der Waals surface area contributed by atoms with Crippen molar-refractivity contribution in [3.8, 4) is 39.6 Å². The van der Waals surface area contributed by atoms with Crippen LogP contribution in [0.15, 0.2) is 168 Å². The first-order valence-electron chi connectivity index (χ1n) is 17.1. The van der Waals surface area contributed by atoms with Crippen molar-refractivity contribution in [3.05, 3.63) is 164 Å². The zero-order chi connectivity index (χ0) is 33.5. The Labute approximate surface area is 296 Å². The Morgan fingerprint density at radius 2 is 1.14 bits per heavy atom. The second-order valence-electron chi connectivity index (χ2n) is 12.9. The predicted molar refractivity (Wildman–Crippen MR) is 213 cm³/mol. The van der Waals surface area contributed by atoms with Crippen molar-refractivity contribution in [3.63, 3.8) is 0 Å². The number of fused-ring (bicyclic) bond motifs is 10. The lowest BCUT2D eigenvalue weighted by atomic mass is 10.0. The van der Waals surface area contributed by atoms with Crippen molar-refractivity contribution in [1.29, 1.82) is 0 Å². The highest BCUT2D eigenvalue weighted by Crippen LogP contribution is 2.47. The largest absolute Gasteiger partial charge is 0.454 e. The lowest BCUT2D eigenvalue weighted by Gasteiger charge is -2.10. The molecule has 0 atom stereocenters. The van der Waals surface area contributed by atoms with Crippen LogP contribution >= 0.6 is 11.3 Å². The highest BCUT2D eigenvalue weighted by Gasteiger charge is 2.22. The van der Waals surface area contributed by atoms with E-state index in [0.29, 0.717) is 0 Å². The monoisotopic (exact) mass is 669 g/mol. The first kappa shape index (κ1) is 28.3. The molecule has 0 amide bonds. The smallest absolute Gasteiger partial charge is 0.160 e. The fraction of sp³-hybridized carbons (Fsp3) is 0. The van der Waals surface area contributed by atoms with E-state index in [0.717, 1.165) is 72.6 Å². The minimum absolute atomic E-state index is 0.718. The summed E-state index contributed by atoms with van der Waals surface area (Å²) in [4.78, 5) is 10.2. The van der Waals surface area contributed by atoms with E-state index < -0.39 is 0 Å². The molecule has 0 spiro atoms. The second-order valence-corrected chi connectivity index (χ2v) is 13.9. The zero-order valence-electron chi connectivity index (χ0n) is 27.2. The van der Waals surface area contributed by atoms with Crippen LogP contribution in [0, 0.1) is 0 Å². The van der Waals surface area contributed by atoms with Crippen LogP contribution in [0.3, 0.4) is 0 Å². The highest BCUT2D eigenvalue weighted by atomic mass is 32.1. The van der Waals surface area contributed by atoms with Crippen LogP contribution in [0.4, 0.5) is 0 Å². The molecule has 5 heteroatoms. The average Bonchev–Trinajstić information content (AvgIpc) is 3.88. The van der Waals surface area contributed by atoms with Gasteiger partial charge in [-0.2, -0.15) is 0 Å². The van der Waals surface area contributed by atoms with Gasteiger partial charge in [-0.1, -0.05) is 133 Å². The van der Waals surface area contributed by atoms with E-state index in [2.05, 4.69) is 132 Å². The molecule has 4 aromatic heterocycles. The molecule has 0 saturated carbocycles. The van der Waals surface area contributed by atoms with Crippen LogP contribution in [-0.4, -0.2) is 14.5 Å². The van der Waals surface area contributed by atoms with Gasteiger partial charge >= 0.3 is 0 Å². The first-order chi connectivity index (χ1) is 25.3. The molecule has 0 fully saturated rings. The summed E-state index contributed by atoms with van der Waals surface area (Å²) < 4.78 is 11.4.